The first-order valence-corrected chi connectivity index (χ1v) is 8.34. The third kappa shape index (κ3) is 4.41. The first kappa shape index (κ1) is 16.6. The molecule has 2 aromatic rings. The molecule has 5 nitrogen and oxygen atoms in total. The third-order valence-electron chi connectivity index (χ3n) is 4.34. The van der Waals surface area contributed by atoms with Gasteiger partial charge in [-0.2, -0.15) is 5.10 Å². The standard InChI is InChI=1S/C18H23FN4O/c1-15-12-20-23(13-15)6-5-18(24)22-9-7-21(8-10-22)14-16-3-2-4-17(19)11-16/h2-4,11-13H,5-10,14H2,1H3. The Bertz CT molecular complexity index is 692. The van der Waals surface area contributed by atoms with Crippen molar-refractivity contribution in [1.82, 2.24) is 19.6 Å². The van der Waals surface area contributed by atoms with E-state index in [1.54, 1.807) is 18.3 Å². The van der Waals surface area contributed by atoms with E-state index < -0.39 is 0 Å². The minimum absolute atomic E-state index is 0.175. The molecular formula is C18H23FN4O. The number of halogens is 1. The molecule has 2 heterocycles. The zero-order chi connectivity index (χ0) is 16.9. The summed E-state index contributed by atoms with van der Waals surface area (Å²) in [5, 5.41) is 4.21. The van der Waals surface area contributed by atoms with Crippen molar-refractivity contribution in [1.29, 1.82) is 0 Å². The summed E-state index contributed by atoms with van der Waals surface area (Å²) in [6.07, 6.45) is 4.23. The van der Waals surface area contributed by atoms with Crippen LogP contribution in [0.4, 0.5) is 4.39 Å². The van der Waals surface area contributed by atoms with Crippen molar-refractivity contribution >= 4 is 5.91 Å². The minimum Gasteiger partial charge on any atom is -0.340 e. The average Bonchev–Trinajstić information content (AvgIpc) is 2.99. The number of hydrogen-bond donors (Lipinski definition) is 0. The number of benzene rings is 1. The van der Waals surface area contributed by atoms with Gasteiger partial charge in [0.2, 0.25) is 5.91 Å². The second kappa shape index (κ2) is 7.57. The van der Waals surface area contributed by atoms with Crippen LogP contribution < -0.4 is 0 Å². The van der Waals surface area contributed by atoms with Crippen molar-refractivity contribution < 1.29 is 9.18 Å². The number of aryl methyl sites for hydroxylation is 2. The Balaban J connectivity index is 1.43. The summed E-state index contributed by atoms with van der Waals surface area (Å²) in [5.41, 5.74) is 2.08. The molecule has 24 heavy (non-hydrogen) atoms. The lowest BCUT2D eigenvalue weighted by Gasteiger charge is -2.34. The molecule has 0 bridgehead atoms. The molecule has 0 unspecified atom stereocenters. The average molecular weight is 330 g/mol. The van der Waals surface area contributed by atoms with Gasteiger partial charge in [-0.3, -0.25) is 14.4 Å². The lowest BCUT2D eigenvalue weighted by molar-refractivity contribution is -0.133. The van der Waals surface area contributed by atoms with Gasteiger partial charge >= 0.3 is 0 Å². The van der Waals surface area contributed by atoms with Gasteiger partial charge in [-0.15, -0.1) is 0 Å². The second-order valence-corrected chi connectivity index (χ2v) is 6.32. The number of hydrogen-bond acceptors (Lipinski definition) is 3. The summed E-state index contributed by atoms with van der Waals surface area (Å²) in [7, 11) is 0. The van der Waals surface area contributed by atoms with E-state index in [1.165, 1.54) is 6.07 Å². The van der Waals surface area contributed by atoms with Crippen LogP contribution >= 0.6 is 0 Å². The molecule has 0 atom stereocenters. The van der Waals surface area contributed by atoms with Crippen LogP contribution in [-0.4, -0.2) is 51.7 Å². The molecule has 0 aliphatic carbocycles. The Morgan fingerprint density at radius 2 is 2.04 bits per heavy atom. The van der Waals surface area contributed by atoms with Gasteiger partial charge in [0.25, 0.3) is 0 Å². The number of amides is 1. The van der Waals surface area contributed by atoms with Crippen molar-refractivity contribution in [3.63, 3.8) is 0 Å². The van der Waals surface area contributed by atoms with Gasteiger partial charge in [-0.1, -0.05) is 12.1 Å². The van der Waals surface area contributed by atoms with E-state index in [0.29, 0.717) is 13.0 Å². The minimum atomic E-state index is -0.199. The Labute approximate surface area is 141 Å². The smallest absolute Gasteiger partial charge is 0.224 e. The van der Waals surface area contributed by atoms with E-state index in [2.05, 4.69) is 10.00 Å². The zero-order valence-electron chi connectivity index (χ0n) is 14.0. The van der Waals surface area contributed by atoms with Gasteiger partial charge in [0.15, 0.2) is 0 Å². The van der Waals surface area contributed by atoms with Crippen molar-refractivity contribution in [3.05, 3.63) is 53.6 Å². The van der Waals surface area contributed by atoms with Gasteiger partial charge in [-0.05, 0) is 30.2 Å². The number of piperazine rings is 1. The highest BCUT2D eigenvalue weighted by molar-refractivity contribution is 5.76. The monoisotopic (exact) mass is 330 g/mol. The SMILES string of the molecule is Cc1cnn(CCC(=O)N2CCN(Cc3cccc(F)c3)CC2)c1. The van der Waals surface area contributed by atoms with Crippen molar-refractivity contribution in [2.45, 2.75) is 26.4 Å². The highest BCUT2D eigenvalue weighted by atomic mass is 19.1. The number of carbonyl (C=O) groups excluding carboxylic acids is 1. The molecule has 1 aliphatic rings. The molecule has 0 spiro atoms. The highest BCUT2D eigenvalue weighted by Crippen LogP contribution is 2.11. The predicted octanol–water partition coefficient (Wildman–Crippen LogP) is 2.07. The molecular weight excluding hydrogens is 307 g/mol. The fraction of sp³-hybridized carbons (Fsp3) is 0.444. The molecule has 1 aliphatic heterocycles. The lowest BCUT2D eigenvalue weighted by atomic mass is 10.2. The van der Waals surface area contributed by atoms with Crippen LogP contribution in [0.2, 0.25) is 0 Å². The maximum absolute atomic E-state index is 13.2. The molecule has 0 radical (unpaired) electrons. The van der Waals surface area contributed by atoms with E-state index in [4.69, 9.17) is 0 Å². The fourth-order valence-electron chi connectivity index (χ4n) is 3.01. The molecule has 1 aromatic carbocycles. The second-order valence-electron chi connectivity index (χ2n) is 6.32. The summed E-state index contributed by atoms with van der Waals surface area (Å²) in [4.78, 5) is 16.5. The molecule has 1 fully saturated rings. The van der Waals surface area contributed by atoms with Gasteiger partial charge < -0.3 is 4.90 Å². The lowest BCUT2D eigenvalue weighted by Crippen LogP contribution is -2.48. The molecule has 1 aromatic heterocycles. The van der Waals surface area contributed by atoms with Gasteiger partial charge in [-0.25, -0.2) is 4.39 Å². The van der Waals surface area contributed by atoms with Crippen LogP contribution in [0.5, 0.6) is 0 Å². The maximum atomic E-state index is 13.2. The topological polar surface area (TPSA) is 41.4 Å². The third-order valence-corrected chi connectivity index (χ3v) is 4.34. The Morgan fingerprint density at radius 1 is 1.25 bits per heavy atom. The Hall–Kier alpha value is -2.21. The number of aromatic nitrogens is 2. The largest absolute Gasteiger partial charge is 0.340 e. The van der Waals surface area contributed by atoms with Crippen molar-refractivity contribution in [3.8, 4) is 0 Å². The van der Waals surface area contributed by atoms with Gasteiger partial charge in [0.1, 0.15) is 5.82 Å². The number of nitrogens with zero attached hydrogens (tertiary/aromatic N) is 4. The number of carbonyl (C=O) groups is 1. The first-order valence-electron chi connectivity index (χ1n) is 8.34. The van der Waals surface area contributed by atoms with Gasteiger partial charge in [0.05, 0.1) is 6.20 Å². The molecule has 1 amide bonds. The van der Waals surface area contributed by atoms with Crippen molar-refractivity contribution in [2.24, 2.45) is 0 Å². The molecule has 0 N–H and O–H groups in total. The van der Waals surface area contributed by atoms with E-state index >= 15 is 0 Å². The quantitative estimate of drug-likeness (QED) is 0.843. The summed E-state index contributed by atoms with van der Waals surface area (Å²) in [6.45, 7) is 6.44. The highest BCUT2D eigenvalue weighted by Gasteiger charge is 2.21. The number of rotatable bonds is 5. The van der Waals surface area contributed by atoms with Crippen molar-refractivity contribution in [2.75, 3.05) is 26.2 Å². The van der Waals surface area contributed by atoms with Crippen LogP contribution in [0.25, 0.3) is 0 Å². The first-order chi connectivity index (χ1) is 11.6. The van der Waals surface area contributed by atoms with Crippen LogP contribution in [-0.2, 0) is 17.9 Å². The van der Waals surface area contributed by atoms with E-state index in [1.807, 2.05) is 28.8 Å². The predicted molar refractivity (Wildman–Crippen MR) is 89.8 cm³/mol. The molecule has 1 saturated heterocycles. The molecule has 6 heteroatoms. The molecule has 128 valence electrons. The molecule has 3 rings (SSSR count). The van der Waals surface area contributed by atoms with Gasteiger partial charge in [0, 0.05) is 51.9 Å². The van der Waals surface area contributed by atoms with Crippen LogP contribution in [0.1, 0.15) is 17.5 Å². The van der Waals surface area contributed by atoms with Crippen LogP contribution in [0.15, 0.2) is 36.7 Å². The van der Waals surface area contributed by atoms with Crippen LogP contribution in [0, 0.1) is 12.7 Å². The maximum Gasteiger partial charge on any atom is 0.224 e. The fourth-order valence-corrected chi connectivity index (χ4v) is 3.01. The van der Waals surface area contributed by atoms with Crippen LogP contribution in [0.3, 0.4) is 0 Å². The Morgan fingerprint density at radius 3 is 2.71 bits per heavy atom. The van der Waals surface area contributed by atoms with E-state index in [9.17, 15) is 9.18 Å². The summed E-state index contributed by atoms with van der Waals surface area (Å²) < 4.78 is 15.0. The summed E-state index contributed by atoms with van der Waals surface area (Å²) >= 11 is 0. The Kier molecular flexibility index (Phi) is 5.25. The van der Waals surface area contributed by atoms with E-state index in [0.717, 1.165) is 43.9 Å². The zero-order valence-corrected chi connectivity index (χ0v) is 14.0. The molecule has 0 saturated carbocycles. The normalized spacial score (nSPS) is 15.7. The summed E-state index contributed by atoms with van der Waals surface area (Å²) in [5.74, 6) is -0.0243. The summed E-state index contributed by atoms with van der Waals surface area (Å²) in [6, 6.07) is 6.71. The van der Waals surface area contributed by atoms with E-state index in [-0.39, 0.29) is 11.7 Å².